The molecule has 1 aliphatic carbocycles. The van der Waals surface area contributed by atoms with Gasteiger partial charge in [-0.2, -0.15) is 0 Å². The quantitative estimate of drug-likeness (QED) is 0.832. The maximum absolute atomic E-state index is 13.8. The van der Waals surface area contributed by atoms with Crippen LogP contribution in [0, 0.1) is 11.7 Å². The van der Waals surface area contributed by atoms with Crippen LogP contribution in [0.15, 0.2) is 18.2 Å². The molecule has 0 radical (unpaired) electrons. The summed E-state index contributed by atoms with van der Waals surface area (Å²) in [5.74, 6) is 0.529. The van der Waals surface area contributed by atoms with Crippen molar-refractivity contribution in [1.82, 2.24) is 0 Å². The lowest BCUT2D eigenvalue weighted by Crippen LogP contribution is -2.24. The third-order valence-electron chi connectivity index (χ3n) is 4.18. The summed E-state index contributed by atoms with van der Waals surface area (Å²) < 4.78 is 13.8. The molecule has 0 amide bonds. The van der Waals surface area contributed by atoms with Gasteiger partial charge in [0.1, 0.15) is 5.82 Å². The lowest BCUT2D eigenvalue weighted by atomic mass is 9.85. The summed E-state index contributed by atoms with van der Waals surface area (Å²) in [5, 5.41) is 0.192. The van der Waals surface area contributed by atoms with Crippen LogP contribution in [0.3, 0.4) is 0 Å². The van der Waals surface area contributed by atoms with Crippen molar-refractivity contribution in [3.05, 3.63) is 34.6 Å². The Labute approximate surface area is 120 Å². The van der Waals surface area contributed by atoms with Crippen molar-refractivity contribution in [3.63, 3.8) is 0 Å². The standard InChI is InChI=1S/C16H23ClFN/c17-15-8-4-7-13(16(15)18)11-14(19)10-9-12-5-2-1-3-6-12/h4,7-8,12,14H,1-3,5-6,9-11,19H2. The third kappa shape index (κ3) is 4.47. The second-order valence-corrected chi connectivity index (χ2v) is 6.17. The minimum atomic E-state index is -0.308. The molecule has 3 heteroatoms. The zero-order valence-corrected chi connectivity index (χ0v) is 12.1. The van der Waals surface area contributed by atoms with E-state index in [-0.39, 0.29) is 16.9 Å². The van der Waals surface area contributed by atoms with Gasteiger partial charge in [-0.3, -0.25) is 0 Å². The highest BCUT2D eigenvalue weighted by Crippen LogP contribution is 2.28. The number of benzene rings is 1. The molecule has 0 aromatic heterocycles. The van der Waals surface area contributed by atoms with Crippen LogP contribution in [-0.2, 0) is 6.42 Å². The molecule has 2 rings (SSSR count). The Bertz CT molecular complexity index is 402. The van der Waals surface area contributed by atoms with Crippen LogP contribution in [-0.4, -0.2) is 6.04 Å². The van der Waals surface area contributed by atoms with Crippen molar-refractivity contribution in [2.75, 3.05) is 0 Å². The maximum atomic E-state index is 13.8. The fraction of sp³-hybridized carbons (Fsp3) is 0.625. The zero-order valence-electron chi connectivity index (χ0n) is 11.4. The Hall–Kier alpha value is -0.600. The molecule has 1 aliphatic rings. The summed E-state index contributed by atoms with van der Waals surface area (Å²) in [5.41, 5.74) is 6.77. The monoisotopic (exact) mass is 283 g/mol. The molecule has 0 aliphatic heterocycles. The molecule has 0 bridgehead atoms. The molecule has 0 spiro atoms. The van der Waals surface area contributed by atoms with E-state index in [0.717, 1.165) is 12.3 Å². The minimum Gasteiger partial charge on any atom is -0.327 e. The second kappa shape index (κ2) is 7.25. The van der Waals surface area contributed by atoms with Crippen LogP contribution < -0.4 is 5.73 Å². The molecule has 0 saturated heterocycles. The molecule has 1 unspecified atom stereocenters. The molecule has 0 heterocycles. The lowest BCUT2D eigenvalue weighted by Gasteiger charge is -2.23. The van der Waals surface area contributed by atoms with E-state index in [1.807, 2.05) is 0 Å². The Balaban J connectivity index is 1.80. The molecule has 1 fully saturated rings. The predicted molar refractivity (Wildman–Crippen MR) is 78.9 cm³/mol. The van der Waals surface area contributed by atoms with Crippen LogP contribution in [0.2, 0.25) is 5.02 Å². The number of hydrogen-bond acceptors (Lipinski definition) is 1. The predicted octanol–water partition coefficient (Wildman–Crippen LogP) is 4.71. The van der Waals surface area contributed by atoms with Crippen LogP contribution in [0.25, 0.3) is 0 Å². The van der Waals surface area contributed by atoms with Crippen molar-refractivity contribution in [1.29, 1.82) is 0 Å². The van der Waals surface area contributed by atoms with E-state index < -0.39 is 0 Å². The van der Waals surface area contributed by atoms with Crippen molar-refractivity contribution in [2.24, 2.45) is 11.7 Å². The fourth-order valence-corrected chi connectivity index (χ4v) is 3.21. The van der Waals surface area contributed by atoms with E-state index in [1.165, 1.54) is 38.5 Å². The van der Waals surface area contributed by atoms with Gasteiger partial charge in [-0.15, -0.1) is 0 Å². The first-order valence-corrected chi connectivity index (χ1v) is 7.73. The van der Waals surface area contributed by atoms with Gasteiger partial charge in [0, 0.05) is 6.04 Å². The molecule has 1 atom stereocenters. The molecular weight excluding hydrogens is 261 g/mol. The largest absolute Gasteiger partial charge is 0.327 e. The third-order valence-corrected chi connectivity index (χ3v) is 4.48. The highest BCUT2D eigenvalue weighted by Gasteiger charge is 2.16. The average Bonchev–Trinajstić information content (AvgIpc) is 2.43. The van der Waals surface area contributed by atoms with Crippen LogP contribution in [0.4, 0.5) is 4.39 Å². The molecular formula is C16H23ClFN. The Kier molecular flexibility index (Phi) is 5.65. The number of nitrogens with two attached hydrogens (primary N) is 1. The maximum Gasteiger partial charge on any atom is 0.145 e. The Morgan fingerprint density at radius 1 is 1.26 bits per heavy atom. The second-order valence-electron chi connectivity index (χ2n) is 5.76. The average molecular weight is 284 g/mol. The number of rotatable bonds is 5. The molecule has 1 nitrogen and oxygen atoms in total. The van der Waals surface area contributed by atoms with Gasteiger partial charge in [0.2, 0.25) is 0 Å². The molecule has 2 N–H and O–H groups in total. The van der Waals surface area contributed by atoms with Crippen molar-refractivity contribution >= 4 is 11.6 Å². The van der Waals surface area contributed by atoms with Gasteiger partial charge in [-0.1, -0.05) is 55.8 Å². The molecule has 106 valence electrons. The summed E-state index contributed by atoms with van der Waals surface area (Å²) in [7, 11) is 0. The fourth-order valence-electron chi connectivity index (χ4n) is 3.02. The first-order valence-electron chi connectivity index (χ1n) is 7.35. The lowest BCUT2D eigenvalue weighted by molar-refractivity contribution is 0.322. The summed E-state index contributed by atoms with van der Waals surface area (Å²) in [6, 6.07) is 5.18. The summed E-state index contributed by atoms with van der Waals surface area (Å²) in [6.45, 7) is 0. The highest BCUT2D eigenvalue weighted by atomic mass is 35.5. The van der Waals surface area contributed by atoms with E-state index in [2.05, 4.69) is 0 Å². The zero-order chi connectivity index (χ0) is 13.7. The van der Waals surface area contributed by atoms with Crippen LogP contribution >= 0.6 is 11.6 Å². The van der Waals surface area contributed by atoms with Gasteiger partial charge < -0.3 is 5.73 Å². The van der Waals surface area contributed by atoms with E-state index in [0.29, 0.717) is 12.0 Å². The smallest absolute Gasteiger partial charge is 0.145 e. The summed E-state index contributed by atoms with van der Waals surface area (Å²) in [6.07, 6.45) is 9.55. The SMILES string of the molecule is NC(CCC1CCCCC1)Cc1cccc(Cl)c1F. The van der Waals surface area contributed by atoms with Gasteiger partial charge in [0.25, 0.3) is 0 Å². The van der Waals surface area contributed by atoms with Crippen molar-refractivity contribution in [2.45, 2.75) is 57.4 Å². The van der Waals surface area contributed by atoms with Gasteiger partial charge in [-0.05, 0) is 36.8 Å². The first-order chi connectivity index (χ1) is 9.16. The summed E-state index contributed by atoms with van der Waals surface area (Å²) in [4.78, 5) is 0. The van der Waals surface area contributed by atoms with E-state index in [1.54, 1.807) is 18.2 Å². The molecule has 1 aromatic rings. The Morgan fingerprint density at radius 3 is 2.74 bits per heavy atom. The van der Waals surface area contributed by atoms with E-state index in [9.17, 15) is 4.39 Å². The summed E-state index contributed by atoms with van der Waals surface area (Å²) >= 11 is 5.78. The first kappa shape index (κ1) is 14.8. The van der Waals surface area contributed by atoms with Crippen LogP contribution in [0.1, 0.15) is 50.5 Å². The van der Waals surface area contributed by atoms with Gasteiger partial charge in [0.05, 0.1) is 5.02 Å². The van der Waals surface area contributed by atoms with E-state index >= 15 is 0 Å². The van der Waals surface area contributed by atoms with Gasteiger partial charge in [0.15, 0.2) is 0 Å². The normalized spacial score (nSPS) is 18.5. The topological polar surface area (TPSA) is 26.0 Å². The van der Waals surface area contributed by atoms with Gasteiger partial charge in [-0.25, -0.2) is 4.39 Å². The number of hydrogen-bond donors (Lipinski definition) is 1. The molecule has 1 saturated carbocycles. The number of halogens is 2. The van der Waals surface area contributed by atoms with E-state index in [4.69, 9.17) is 17.3 Å². The minimum absolute atomic E-state index is 0.0369. The Morgan fingerprint density at radius 2 is 2.00 bits per heavy atom. The molecule has 19 heavy (non-hydrogen) atoms. The van der Waals surface area contributed by atoms with Crippen LogP contribution in [0.5, 0.6) is 0 Å². The highest BCUT2D eigenvalue weighted by molar-refractivity contribution is 6.30. The van der Waals surface area contributed by atoms with Crippen molar-refractivity contribution < 1.29 is 4.39 Å². The van der Waals surface area contributed by atoms with Crippen molar-refractivity contribution in [3.8, 4) is 0 Å². The van der Waals surface area contributed by atoms with Gasteiger partial charge >= 0.3 is 0 Å². The molecule has 1 aromatic carbocycles.